The number of anilines is 1. The first kappa shape index (κ1) is 23.0. The van der Waals surface area contributed by atoms with Crippen LogP contribution in [0.1, 0.15) is 30.9 Å². The van der Waals surface area contributed by atoms with E-state index in [0.717, 1.165) is 0 Å². The van der Waals surface area contributed by atoms with Gasteiger partial charge in [-0.1, -0.05) is 0 Å². The van der Waals surface area contributed by atoms with Crippen LogP contribution in [0.15, 0.2) is 18.2 Å². The fraction of sp³-hybridized carbons (Fsp3) is 0.556. The zero-order valence-corrected chi connectivity index (χ0v) is 15.5. The van der Waals surface area contributed by atoms with Gasteiger partial charge in [0.2, 0.25) is 5.91 Å². The molecule has 1 saturated heterocycles. The minimum absolute atomic E-state index is 0.00969. The van der Waals surface area contributed by atoms with Crippen LogP contribution < -0.4 is 5.32 Å². The lowest BCUT2D eigenvalue weighted by atomic mass is 9.98. The fourth-order valence-electron chi connectivity index (χ4n) is 3.08. The molecule has 1 amide bonds. The standard InChI is InChI=1S/C18H20F6N2O3/c1-2-29-16(28)11-4-3-5-26(9-11)10-15(27)25-14-7-12(17(19,20)21)6-13(8-14)18(22,23)24/h6-8,11H,2-5,9-10H2,1H3,(H,25,27)/t11-/m1/s1. The third-order valence-electron chi connectivity index (χ3n) is 4.36. The Bertz CT molecular complexity index is 716. The van der Waals surface area contributed by atoms with Gasteiger partial charge >= 0.3 is 18.3 Å². The maximum atomic E-state index is 12.9. The van der Waals surface area contributed by atoms with Gasteiger partial charge in [0.25, 0.3) is 0 Å². The Morgan fingerprint density at radius 2 is 1.69 bits per heavy atom. The molecule has 1 heterocycles. The molecule has 1 N–H and O–H groups in total. The average molecular weight is 426 g/mol. The first-order chi connectivity index (χ1) is 13.4. The summed E-state index contributed by atoms with van der Waals surface area (Å²) in [6, 6.07) is 0.889. The van der Waals surface area contributed by atoms with E-state index in [9.17, 15) is 35.9 Å². The van der Waals surface area contributed by atoms with Crippen LogP contribution >= 0.6 is 0 Å². The van der Waals surface area contributed by atoms with Crippen LogP contribution in [0.2, 0.25) is 0 Å². The van der Waals surface area contributed by atoms with Crippen molar-refractivity contribution < 1.29 is 40.7 Å². The molecule has 1 aliphatic heterocycles. The first-order valence-corrected chi connectivity index (χ1v) is 8.88. The molecular weight excluding hydrogens is 406 g/mol. The van der Waals surface area contributed by atoms with Gasteiger partial charge in [-0.2, -0.15) is 26.3 Å². The number of esters is 1. The van der Waals surface area contributed by atoms with Crippen LogP contribution in [0.5, 0.6) is 0 Å². The normalized spacial score (nSPS) is 18.4. The molecule has 0 spiro atoms. The second kappa shape index (κ2) is 9.02. The van der Waals surface area contributed by atoms with Gasteiger partial charge in [-0.15, -0.1) is 0 Å². The number of hydrogen-bond donors (Lipinski definition) is 1. The van der Waals surface area contributed by atoms with Crippen LogP contribution in [0.4, 0.5) is 32.0 Å². The van der Waals surface area contributed by atoms with Gasteiger partial charge in [0.15, 0.2) is 0 Å². The van der Waals surface area contributed by atoms with Gasteiger partial charge in [-0.05, 0) is 44.5 Å². The summed E-state index contributed by atoms with van der Waals surface area (Å²) < 4.78 is 82.3. The molecule has 0 saturated carbocycles. The van der Waals surface area contributed by atoms with Crippen molar-refractivity contribution in [2.75, 3.05) is 31.6 Å². The predicted octanol–water partition coefficient (Wildman–Crippen LogP) is 3.94. The SMILES string of the molecule is CCOC(=O)[C@@H]1CCCN(CC(=O)Nc2cc(C(F)(F)F)cc(C(F)(F)F)c2)C1. The molecule has 1 aromatic carbocycles. The van der Waals surface area contributed by atoms with E-state index >= 15 is 0 Å². The van der Waals surface area contributed by atoms with E-state index in [1.165, 1.54) is 0 Å². The first-order valence-electron chi connectivity index (χ1n) is 8.88. The van der Waals surface area contributed by atoms with E-state index < -0.39 is 47.0 Å². The molecule has 1 atom stereocenters. The summed E-state index contributed by atoms with van der Waals surface area (Å²) in [5.41, 5.74) is -3.62. The van der Waals surface area contributed by atoms with Crippen molar-refractivity contribution in [3.8, 4) is 0 Å². The molecule has 162 valence electrons. The van der Waals surface area contributed by atoms with Crippen LogP contribution in [0, 0.1) is 5.92 Å². The summed E-state index contributed by atoms with van der Waals surface area (Å²) in [5.74, 6) is -1.60. The number of alkyl halides is 6. The monoisotopic (exact) mass is 426 g/mol. The zero-order chi connectivity index (χ0) is 21.8. The van der Waals surface area contributed by atoms with E-state index in [0.29, 0.717) is 31.5 Å². The molecule has 29 heavy (non-hydrogen) atoms. The van der Waals surface area contributed by atoms with E-state index in [1.54, 1.807) is 11.8 Å². The number of benzene rings is 1. The number of carbonyl (C=O) groups is 2. The second-order valence-electron chi connectivity index (χ2n) is 6.67. The number of nitrogens with one attached hydrogen (secondary N) is 1. The third-order valence-corrected chi connectivity index (χ3v) is 4.36. The Morgan fingerprint density at radius 3 is 2.21 bits per heavy atom. The number of rotatable bonds is 5. The summed E-state index contributed by atoms with van der Waals surface area (Å²) >= 11 is 0. The highest BCUT2D eigenvalue weighted by molar-refractivity contribution is 5.92. The minimum atomic E-state index is -5.00. The third kappa shape index (κ3) is 6.62. The van der Waals surface area contributed by atoms with Crippen molar-refractivity contribution in [2.24, 2.45) is 5.92 Å². The number of piperidine rings is 1. The summed E-state index contributed by atoms with van der Waals surface area (Å²) in [6.45, 7) is 2.30. The molecule has 0 unspecified atom stereocenters. The van der Waals surface area contributed by atoms with Crippen LogP contribution in [0.3, 0.4) is 0 Å². The van der Waals surface area contributed by atoms with Crippen molar-refractivity contribution in [1.29, 1.82) is 0 Å². The number of hydrogen-bond acceptors (Lipinski definition) is 4. The summed E-state index contributed by atoms with van der Waals surface area (Å²) in [4.78, 5) is 25.6. The van der Waals surface area contributed by atoms with Crippen molar-refractivity contribution in [3.05, 3.63) is 29.3 Å². The Balaban J connectivity index is 2.09. The Labute approximate surface area is 163 Å². The summed E-state index contributed by atoms with van der Waals surface area (Å²) in [5, 5.41) is 2.09. The van der Waals surface area contributed by atoms with Crippen molar-refractivity contribution in [3.63, 3.8) is 0 Å². The van der Waals surface area contributed by atoms with Gasteiger partial charge < -0.3 is 10.1 Å². The van der Waals surface area contributed by atoms with Gasteiger partial charge in [0.1, 0.15) is 0 Å². The van der Waals surface area contributed by atoms with E-state index in [4.69, 9.17) is 4.74 Å². The van der Waals surface area contributed by atoms with Crippen molar-refractivity contribution in [2.45, 2.75) is 32.1 Å². The molecule has 1 aromatic rings. The molecule has 11 heteroatoms. The van der Waals surface area contributed by atoms with Crippen molar-refractivity contribution in [1.82, 2.24) is 4.90 Å². The molecule has 0 bridgehead atoms. The Morgan fingerprint density at radius 1 is 1.10 bits per heavy atom. The van der Waals surface area contributed by atoms with Gasteiger partial charge in [-0.25, -0.2) is 0 Å². The molecule has 1 fully saturated rings. The number of amides is 1. The molecular formula is C18H20F6N2O3. The second-order valence-corrected chi connectivity index (χ2v) is 6.67. The quantitative estimate of drug-likeness (QED) is 0.573. The Kier molecular flexibility index (Phi) is 7.15. The van der Waals surface area contributed by atoms with E-state index in [1.807, 2.05) is 0 Å². The lowest BCUT2D eigenvalue weighted by Crippen LogP contribution is -2.43. The highest BCUT2D eigenvalue weighted by Gasteiger charge is 2.37. The molecule has 2 rings (SSSR count). The number of likely N-dealkylation sites (tertiary alicyclic amines) is 1. The van der Waals surface area contributed by atoms with E-state index in [2.05, 4.69) is 5.32 Å². The Hall–Kier alpha value is -2.30. The fourth-order valence-corrected chi connectivity index (χ4v) is 3.08. The molecule has 0 radical (unpaired) electrons. The molecule has 0 aliphatic carbocycles. The largest absolute Gasteiger partial charge is 0.466 e. The average Bonchev–Trinajstić information content (AvgIpc) is 2.60. The number of ether oxygens (including phenoxy) is 1. The van der Waals surface area contributed by atoms with Crippen LogP contribution in [0.25, 0.3) is 0 Å². The smallest absolute Gasteiger partial charge is 0.416 e. The summed E-state index contributed by atoms with van der Waals surface area (Å²) in [6.07, 6.45) is -8.81. The minimum Gasteiger partial charge on any atom is -0.466 e. The number of halogens is 6. The predicted molar refractivity (Wildman–Crippen MR) is 90.9 cm³/mol. The van der Waals surface area contributed by atoms with Crippen LogP contribution in [-0.4, -0.2) is 43.0 Å². The molecule has 1 aliphatic rings. The van der Waals surface area contributed by atoms with Crippen molar-refractivity contribution >= 4 is 17.6 Å². The summed E-state index contributed by atoms with van der Waals surface area (Å²) in [7, 11) is 0. The maximum Gasteiger partial charge on any atom is 0.416 e. The number of carbonyl (C=O) groups excluding carboxylic acids is 2. The van der Waals surface area contributed by atoms with Gasteiger partial charge in [0.05, 0.1) is 30.2 Å². The van der Waals surface area contributed by atoms with Crippen LogP contribution in [-0.2, 0) is 26.7 Å². The zero-order valence-electron chi connectivity index (χ0n) is 15.5. The van der Waals surface area contributed by atoms with E-state index in [-0.39, 0.29) is 25.8 Å². The lowest BCUT2D eigenvalue weighted by molar-refractivity contribution is -0.150. The van der Waals surface area contributed by atoms with Gasteiger partial charge in [-0.3, -0.25) is 14.5 Å². The topological polar surface area (TPSA) is 58.6 Å². The molecule has 0 aromatic heterocycles. The lowest BCUT2D eigenvalue weighted by Gasteiger charge is -2.30. The van der Waals surface area contributed by atoms with Gasteiger partial charge in [0, 0.05) is 12.2 Å². The highest BCUT2D eigenvalue weighted by atomic mass is 19.4. The number of nitrogens with zero attached hydrogens (tertiary/aromatic N) is 1. The highest BCUT2D eigenvalue weighted by Crippen LogP contribution is 2.37. The maximum absolute atomic E-state index is 12.9. The molecule has 5 nitrogen and oxygen atoms in total.